The number of nitrogens with one attached hydrogen (secondary N) is 1. The van der Waals surface area contributed by atoms with Crippen LogP contribution in [0.1, 0.15) is 25.3 Å². The Morgan fingerprint density at radius 2 is 2.43 bits per heavy atom. The minimum absolute atomic E-state index is 0.0125. The van der Waals surface area contributed by atoms with E-state index in [1.54, 1.807) is 0 Å². The molecule has 1 amide bonds. The van der Waals surface area contributed by atoms with Gasteiger partial charge < -0.3 is 15.0 Å². The molecule has 4 heteroatoms. The summed E-state index contributed by atoms with van der Waals surface area (Å²) in [5.74, 6) is 2.63. The van der Waals surface area contributed by atoms with Gasteiger partial charge in [0, 0.05) is 30.9 Å². The first-order valence-electron chi connectivity index (χ1n) is 7.43. The topological polar surface area (TPSA) is 41.6 Å². The minimum atomic E-state index is 0.0125. The fourth-order valence-corrected chi connectivity index (χ4v) is 2.44. The quantitative estimate of drug-likeness (QED) is 0.811. The van der Waals surface area contributed by atoms with Gasteiger partial charge in [0.2, 0.25) is 5.91 Å². The largest absolute Gasteiger partial charge is 0.376 e. The second-order valence-corrected chi connectivity index (χ2v) is 5.15. The molecule has 4 nitrogen and oxygen atoms in total. The first-order chi connectivity index (χ1) is 10.2. The number of terminal acetylenes is 1. The molecule has 112 valence electrons. The van der Waals surface area contributed by atoms with Crippen molar-refractivity contribution in [1.29, 1.82) is 0 Å². The van der Waals surface area contributed by atoms with Gasteiger partial charge in [-0.05, 0) is 38.0 Å². The van der Waals surface area contributed by atoms with Crippen LogP contribution in [0.3, 0.4) is 0 Å². The van der Waals surface area contributed by atoms with Gasteiger partial charge in [-0.2, -0.15) is 0 Å². The molecular weight excluding hydrogens is 264 g/mol. The van der Waals surface area contributed by atoms with Crippen molar-refractivity contribution in [2.45, 2.75) is 25.9 Å². The molecule has 0 spiro atoms. The third-order valence-corrected chi connectivity index (χ3v) is 3.65. The van der Waals surface area contributed by atoms with Crippen molar-refractivity contribution >= 4 is 11.6 Å². The van der Waals surface area contributed by atoms with Crippen LogP contribution >= 0.6 is 0 Å². The number of rotatable bonds is 6. The number of benzene rings is 1. The summed E-state index contributed by atoms with van der Waals surface area (Å²) in [5, 5.41) is 2.94. The third kappa shape index (κ3) is 4.51. The van der Waals surface area contributed by atoms with Crippen molar-refractivity contribution in [2.24, 2.45) is 0 Å². The Balaban J connectivity index is 1.88. The van der Waals surface area contributed by atoms with Gasteiger partial charge in [0.15, 0.2) is 0 Å². The number of carbonyl (C=O) groups is 1. The first kappa shape index (κ1) is 15.4. The lowest BCUT2D eigenvalue weighted by molar-refractivity contribution is -0.120. The smallest absolute Gasteiger partial charge is 0.239 e. The minimum Gasteiger partial charge on any atom is -0.376 e. The van der Waals surface area contributed by atoms with Crippen LogP contribution in [0, 0.1) is 12.3 Å². The second kappa shape index (κ2) is 7.70. The highest BCUT2D eigenvalue weighted by molar-refractivity contribution is 5.81. The molecule has 1 aliphatic heterocycles. The molecule has 0 bridgehead atoms. The number of anilines is 1. The number of carbonyl (C=O) groups excluding carboxylic acids is 1. The van der Waals surface area contributed by atoms with Crippen LogP contribution in [0.15, 0.2) is 24.3 Å². The molecule has 0 aliphatic carbocycles. The Morgan fingerprint density at radius 3 is 3.10 bits per heavy atom. The van der Waals surface area contributed by atoms with E-state index in [1.165, 1.54) is 0 Å². The lowest BCUT2D eigenvalue weighted by Crippen LogP contribution is -2.40. The van der Waals surface area contributed by atoms with Crippen LogP contribution in [0.25, 0.3) is 0 Å². The summed E-state index contributed by atoms with van der Waals surface area (Å²) in [6.07, 6.45) is 7.71. The highest BCUT2D eigenvalue weighted by Crippen LogP contribution is 2.15. The van der Waals surface area contributed by atoms with Crippen LogP contribution in [0.4, 0.5) is 5.69 Å². The van der Waals surface area contributed by atoms with Gasteiger partial charge in [0.1, 0.15) is 0 Å². The first-order valence-corrected chi connectivity index (χ1v) is 7.43. The lowest BCUT2D eigenvalue weighted by atomic mass is 10.2. The van der Waals surface area contributed by atoms with E-state index in [0.717, 1.165) is 37.2 Å². The Labute approximate surface area is 126 Å². The number of hydrogen-bond donors (Lipinski definition) is 1. The van der Waals surface area contributed by atoms with Crippen molar-refractivity contribution in [3.8, 4) is 12.3 Å². The Hall–Kier alpha value is -1.99. The predicted octanol–water partition coefficient (Wildman–Crippen LogP) is 1.79. The molecule has 0 saturated carbocycles. The van der Waals surface area contributed by atoms with E-state index >= 15 is 0 Å². The summed E-state index contributed by atoms with van der Waals surface area (Å²) in [7, 11) is 0. The van der Waals surface area contributed by atoms with Gasteiger partial charge >= 0.3 is 0 Å². The molecule has 1 atom stereocenters. The number of likely N-dealkylation sites (N-methyl/N-ethyl adjacent to an activating group) is 1. The van der Waals surface area contributed by atoms with Crippen molar-refractivity contribution in [1.82, 2.24) is 5.32 Å². The standard InChI is InChI=1S/C17H22N2O2/c1-3-14-7-5-8-15(11-14)19(4-2)13-17(20)18-12-16-9-6-10-21-16/h1,5,7-8,11,16H,4,6,9-10,12-13H2,2H3,(H,18,20)/t16-/m0/s1. The molecule has 1 aromatic carbocycles. The molecule has 2 rings (SSSR count). The number of amides is 1. The average Bonchev–Trinajstić information content (AvgIpc) is 3.04. The molecule has 0 aromatic heterocycles. The normalized spacial score (nSPS) is 17.2. The van der Waals surface area contributed by atoms with E-state index in [2.05, 4.69) is 11.2 Å². The molecule has 1 N–H and O–H groups in total. The Kier molecular flexibility index (Phi) is 5.65. The van der Waals surface area contributed by atoms with Gasteiger partial charge in [0.25, 0.3) is 0 Å². The van der Waals surface area contributed by atoms with Crippen LogP contribution in [-0.4, -0.2) is 38.3 Å². The summed E-state index contributed by atoms with van der Waals surface area (Å²) in [6, 6.07) is 7.70. The summed E-state index contributed by atoms with van der Waals surface area (Å²) >= 11 is 0. The maximum absolute atomic E-state index is 12.0. The molecule has 1 aromatic rings. The summed E-state index contributed by atoms with van der Waals surface area (Å²) in [6.45, 7) is 4.51. The molecular formula is C17H22N2O2. The monoisotopic (exact) mass is 286 g/mol. The molecule has 1 fully saturated rings. The molecule has 1 aliphatic rings. The second-order valence-electron chi connectivity index (χ2n) is 5.15. The zero-order valence-electron chi connectivity index (χ0n) is 12.5. The highest BCUT2D eigenvalue weighted by atomic mass is 16.5. The van der Waals surface area contributed by atoms with E-state index in [-0.39, 0.29) is 12.0 Å². The third-order valence-electron chi connectivity index (χ3n) is 3.65. The SMILES string of the molecule is C#Cc1cccc(N(CC)CC(=O)NC[C@@H]2CCCO2)c1. The fraction of sp³-hybridized carbons (Fsp3) is 0.471. The maximum atomic E-state index is 12.0. The average molecular weight is 286 g/mol. The number of hydrogen-bond acceptors (Lipinski definition) is 3. The van der Waals surface area contributed by atoms with Crippen molar-refractivity contribution in [3.05, 3.63) is 29.8 Å². The molecule has 0 radical (unpaired) electrons. The lowest BCUT2D eigenvalue weighted by Gasteiger charge is -2.23. The molecule has 1 saturated heterocycles. The van der Waals surface area contributed by atoms with Gasteiger partial charge in [-0.15, -0.1) is 6.42 Å². The van der Waals surface area contributed by atoms with Gasteiger partial charge in [0.05, 0.1) is 12.6 Å². The molecule has 0 unspecified atom stereocenters. The van der Waals surface area contributed by atoms with Gasteiger partial charge in [-0.25, -0.2) is 0 Å². The van der Waals surface area contributed by atoms with E-state index in [9.17, 15) is 4.79 Å². The van der Waals surface area contributed by atoms with Crippen molar-refractivity contribution in [3.63, 3.8) is 0 Å². The molecule has 1 heterocycles. The van der Waals surface area contributed by atoms with Crippen LogP contribution < -0.4 is 10.2 Å². The molecule has 21 heavy (non-hydrogen) atoms. The van der Waals surface area contributed by atoms with Gasteiger partial charge in [-0.1, -0.05) is 12.0 Å². The zero-order valence-corrected chi connectivity index (χ0v) is 12.5. The van der Waals surface area contributed by atoms with Crippen molar-refractivity contribution < 1.29 is 9.53 Å². The van der Waals surface area contributed by atoms with Crippen LogP contribution in [-0.2, 0) is 9.53 Å². The van der Waals surface area contributed by atoms with E-state index in [4.69, 9.17) is 11.2 Å². The fourth-order valence-electron chi connectivity index (χ4n) is 2.44. The van der Waals surface area contributed by atoms with Crippen LogP contribution in [0.5, 0.6) is 0 Å². The van der Waals surface area contributed by atoms with E-state index < -0.39 is 0 Å². The van der Waals surface area contributed by atoms with Crippen LogP contribution in [0.2, 0.25) is 0 Å². The Bertz CT molecular complexity index is 516. The number of nitrogens with zero attached hydrogens (tertiary/aromatic N) is 1. The van der Waals surface area contributed by atoms with E-state index in [0.29, 0.717) is 13.1 Å². The van der Waals surface area contributed by atoms with E-state index in [1.807, 2.05) is 36.1 Å². The Morgan fingerprint density at radius 1 is 1.57 bits per heavy atom. The number of ether oxygens (including phenoxy) is 1. The summed E-state index contributed by atoms with van der Waals surface area (Å²) in [4.78, 5) is 14.1. The van der Waals surface area contributed by atoms with Crippen molar-refractivity contribution in [2.75, 3.05) is 31.1 Å². The summed E-state index contributed by atoms with van der Waals surface area (Å²) < 4.78 is 5.50. The van der Waals surface area contributed by atoms with Gasteiger partial charge in [-0.3, -0.25) is 4.79 Å². The zero-order chi connectivity index (χ0) is 15.1. The maximum Gasteiger partial charge on any atom is 0.239 e. The predicted molar refractivity (Wildman–Crippen MR) is 84.2 cm³/mol. The summed E-state index contributed by atoms with van der Waals surface area (Å²) in [5.41, 5.74) is 1.80. The highest BCUT2D eigenvalue weighted by Gasteiger charge is 2.17.